The van der Waals surface area contributed by atoms with Crippen molar-refractivity contribution in [2.75, 3.05) is 31.3 Å². The molecule has 0 spiro atoms. The number of hydrogen-bond donors (Lipinski definition) is 1. The molecule has 8 heteroatoms. The first kappa shape index (κ1) is 15.7. The Labute approximate surface area is 120 Å². The van der Waals surface area contributed by atoms with Gasteiger partial charge in [0.15, 0.2) is 0 Å². The number of nitrogens with two attached hydrogens (primary N) is 1. The van der Waals surface area contributed by atoms with E-state index in [4.69, 9.17) is 5.73 Å². The molecule has 0 aromatic carbocycles. The third-order valence-corrected chi connectivity index (χ3v) is 5.37. The van der Waals surface area contributed by atoms with Crippen LogP contribution in [0.1, 0.15) is 6.42 Å². The van der Waals surface area contributed by atoms with Gasteiger partial charge < -0.3 is 5.73 Å². The van der Waals surface area contributed by atoms with Crippen LogP contribution < -0.4 is 5.73 Å². The molecule has 0 saturated carbocycles. The van der Waals surface area contributed by atoms with Gasteiger partial charge in [0.05, 0.1) is 0 Å². The summed E-state index contributed by atoms with van der Waals surface area (Å²) >= 11 is 4.89. The molecule has 102 valence electrons. The number of pyridine rings is 1. The molecule has 0 aliphatic carbocycles. The van der Waals surface area contributed by atoms with Gasteiger partial charge in [-0.05, 0) is 40.4 Å². The highest BCUT2D eigenvalue weighted by atomic mass is 79.9. The van der Waals surface area contributed by atoms with Gasteiger partial charge >= 0.3 is 0 Å². The maximum absolute atomic E-state index is 12.3. The lowest BCUT2D eigenvalue weighted by molar-refractivity contribution is 0.470. The Bertz CT molecular complexity index is 508. The first-order valence-corrected chi connectivity index (χ1v) is 8.88. The average molecular weight is 354 g/mol. The van der Waals surface area contributed by atoms with Gasteiger partial charge in [0.1, 0.15) is 10.7 Å². The van der Waals surface area contributed by atoms with Crippen molar-refractivity contribution in [3.63, 3.8) is 0 Å². The standard InChI is InChI=1S/C10H16BrN3O2S2/c1-14(4-3-5-17-2)18(15,16)9-6-8(11)7-13-10(9)12/h6-7H,3-5H2,1-2H3,(H2,12,13). The fourth-order valence-corrected chi connectivity index (χ4v) is 3.56. The molecule has 0 aliphatic heterocycles. The summed E-state index contributed by atoms with van der Waals surface area (Å²) in [5.41, 5.74) is 5.63. The maximum Gasteiger partial charge on any atom is 0.246 e. The third-order valence-electron chi connectivity index (χ3n) is 2.36. The van der Waals surface area contributed by atoms with Crippen LogP contribution in [0.2, 0.25) is 0 Å². The number of rotatable bonds is 6. The molecule has 18 heavy (non-hydrogen) atoms. The maximum atomic E-state index is 12.3. The summed E-state index contributed by atoms with van der Waals surface area (Å²) in [6.07, 6.45) is 4.27. The van der Waals surface area contributed by atoms with E-state index >= 15 is 0 Å². The van der Waals surface area contributed by atoms with E-state index in [9.17, 15) is 8.42 Å². The van der Waals surface area contributed by atoms with Crippen LogP contribution in [-0.4, -0.2) is 43.3 Å². The van der Waals surface area contributed by atoms with Crippen molar-refractivity contribution in [3.05, 3.63) is 16.7 Å². The van der Waals surface area contributed by atoms with Gasteiger partial charge in [-0.25, -0.2) is 17.7 Å². The zero-order valence-electron chi connectivity index (χ0n) is 10.3. The van der Waals surface area contributed by atoms with Crippen LogP contribution in [-0.2, 0) is 10.0 Å². The van der Waals surface area contributed by atoms with Gasteiger partial charge in [-0.3, -0.25) is 0 Å². The first-order valence-electron chi connectivity index (χ1n) is 5.26. The van der Waals surface area contributed by atoms with E-state index < -0.39 is 10.0 Å². The summed E-state index contributed by atoms with van der Waals surface area (Å²) in [6.45, 7) is 0.467. The van der Waals surface area contributed by atoms with E-state index in [1.165, 1.54) is 16.6 Å². The Hall–Kier alpha value is -0.310. The highest BCUT2D eigenvalue weighted by Gasteiger charge is 2.23. The van der Waals surface area contributed by atoms with E-state index in [1.807, 2.05) is 6.26 Å². The summed E-state index contributed by atoms with van der Waals surface area (Å²) in [4.78, 5) is 3.89. The molecule has 0 amide bonds. The molecule has 5 nitrogen and oxygen atoms in total. The summed E-state index contributed by atoms with van der Waals surface area (Å²) in [5, 5.41) is 0. The predicted octanol–water partition coefficient (Wildman–Crippen LogP) is 1.80. The van der Waals surface area contributed by atoms with E-state index in [0.29, 0.717) is 11.0 Å². The molecule has 0 bridgehead atoms. The summed E-state index contributed by atoms with van der Waals surface area (Å²) in [5.74, 6) is 0.946. The van der Waals surface area contributed by atoms with Crippen molar-refractivity contribution < 1.29 is 8.42 Å². The minimum absolute atomic E-state index is 0.0231. The summed E-state index contributed by atoms with van der Waals surface area (Å²) in [7, 11) is -2.01. The molecule has 0 radical (unpaired) electrons. The van der Waals surface area contributed by atoms with E-state index in [2.05, 4.69) is 20.9 Å². The van der Waals surface area contributed by atoms with Gasteiger partial charge in [0.25, 0.3) is 0 Å². The predicted molar refractivity (Wildman–Crippen MR) is 79.2 cm³/mol. The van der Waals surface area contributed by atoms with Crippen molar-refractivity contribution >= 4 is 43.5 Å². The fraction of sp³-hybridized carbons (Fsp3) is 0.500. The molecular weight excluding hydrogens is 338 g/mol. The number of hydrogen-bond acceptors (Lipinski definition) is 5. The normalized spacial score (nSPS) is 12.0. The Morgan fingerprint density at radius 2 is 2.22 bits per heavy atom. The van der Waals surface area contributed by atoms with Gasteiger partial charge in [-0.15, -0.1) is 0 Å². The molecule has 1 rings (SSSR count). The monoisotopic (exact) mass is 353 g/mol. The van der Waals surface area contributed by atoms with Crippen molar-refractivity contribution in [2.45, 2.75) is 11.3 Å². The zero-order chi connectivity index (χ0) is 13.8. The van der Waals surface area contributed by atoms with Gasteiger partial charge in [-0.2, -0.15) is 11.8 Å². The lowest BCUT2D eigenvalue weighted by Gasteiger charge is -2.17. The quantitative estimate of drug-likeness (QED) is 0.789. The van der Waals surface area contributed by atoms with Crippen LogP contribution in [0.3, 0.4) is 0 Å². The van der Waals surface area contributed by atoms with Gasteiger partial charge in [-0.1, -0.05) is 0 Å². The van der Waals surface area contributed by atoms with Crippen molar-refractivity contribution in [1.29, 1.82) is 0 Å². The third kappa shape index (κ3) is 3.84. The molecule has 0 unspecified atom stereocenters. The molecule has 1 heterocycles. The largest absolute Gasteiger partial charge is 0.383 e. The van der Waals surface area contributed by atoms with Gasteiger partial charge in [0.2, 0.25) is 10.0 Å². The lowest BCUT2D eigenvalue weighted by Crippen LogP contribution is -2.29. The van der Waals surface area contributed by atoms with E-state index in [0.717, 1.165) is 12.2 Å². The molecule has 0 atom stereocenters. The lowest BCUT2D eigenvalue weighted by atomic mass is 10.5. The molecule has 0 saturated heterocycles. The highest BCUT2D eigenvalue weighted by molar-refractivity contribution is 9.10. The van der Waals surface area contributed by atoms with E-state index in [-0.39, 0.29) is 10.7 Å². The Morgan fingerprint density at radius 1 is 1.56 bits per heavy atom. The number of sulfonamides is 1. The topological polar surface area (TPSA) is 76.3 Å². The first-order chi connectivity index (χ1) is 8.39. The summed E-state index contributed by atoms with van der Waals surface area (Å²) in [6, 6.07) is 1.47. The number of halogens is 1. The Balaban J connectivity index is 2.95. The molecule has 1 aromatic rings. The zero-order valence-corrected chi connectivity index (χ0v) is 13.5. The molecule has 2 N–H and O–H groups in total. The second kappa shape index (κ2) is 6.74. The highest BCUT2D eigenvalue weighted by Crippen LogP contribution is 2.23. The number of nitrogens with zero attached hydrogens (tertiary/aromatic N) is 2. The van der Waals surface area contributed by atoms with Crippen molar-refractivity contribution in [2.24, 2.45) is 0 Å². The van der Waals surface area contributed by atoms with Crippen LogP contribution >= 0.6 is 27.7 Å². The van der Waals surface area contributed by atoms with E-state index in [1.54, 1.807) is 18.8 Å². The van der Waals surface area contributed by atoms with Crippen LogP contribution in [0.15, 0.2) is 21.6 Å². The Morgan fingerprint density at radius 3 is 2.83 bits per heavy atom. The smallest absolute Gasteiger partial charge is 0.246 e. The molecule has 1 aromatic heterocycles. The van der Waals surface area contributed by atoms with Crippen LogP contribution in [0.4, 0.5) is 5.82 Å². The number of aromatic nitrogens is 1. The van der Waals surface area contributed by atoms with Crippen molar-refractivity contribution in [3.8, 4) is 0 Å². The fourth-order valence-electron chi connectivity index (χ4n) is 1.36. The number of thioether (sulfide) groups is 1. The average Bonchev–Trinajstić information content (AvgIpc) is 2.32. The summed E-state index contributed by atoms with van der Waals surface area (Å²) < 4.78 is 26.5. The Kier molecular flexibility index (Phi) is 5.90. The van der Waals surface area contributed by atoms with Crippen LogP contribution in [0.5, 0.6) is 0 Å². The molecule has 0 fully saturated rings. The number of nitrogen functional groups attached to an aromatic ring is 1. The second-order valence-electron chi connectivity index (χ2n) is 3.71. The SMILES string of the molecule is CSCCCN(C)S(=O)(=O)c1cc(Br)cnc1N. The van der Waals surface area contributed by atoms with Crippen LogP contribution in [0.25, 0.3) is 0 Å². The minimum Gasteiger partial charge on any atom is -0.383 e. The number of anilines is 1. The van der Waals surface area contributed by atoms with Crippen molar-refractivity contribution in [1.82, 2.24) is 9.29 Å². The van der Waals surface area contributed by atoms with Crippen LogP contribution in [0, 0.1) is 0 Å². The second-order valence-corrected chi connectivity index (χ2v) is 7.62. The molecule has 0 aliphatic rings. The molecular formula is C10H16BrN3O2S2. The minimum atomic E-state index is -3.57. The van der Waals surface area contributed by atoms with Gasteiger partial charge in [0, 0.05) is 24.3 Å².